The molecular formula is C20H18Cl2N4O2. The minimum atomic E-state index is -0.484. The van der Waals surface area contributed by atoms with E-state index in [2.05, 4.69) is 15.6 Å². The Kier molecular flexibility index (Phi) is 6.34. The third kappa shape index (κ3) is 4.71. The van der Waals surface area contributed by atoms with E-state index >= 15 is 0 Å². The average Bonchev–Trinajstić information content (AvgIpc) is 3.11. The highest BCUT2D eigenvalue weighted by atomic mass is 35.5. The van der Waals surface area contributed by atoms with Crippen LogP contribution in [-0.2, 0) is 11.8 Å². The van der Waals surface area contributed by atoms with E-state index in [1.54, 1.807) is 48.8 Å². The fourth-order valence-electron chi connectivity index (χ4n) is 2.72. The zero-order valence-corrected chi connectivity index (χ0v) is 16.5. The van der Waals surface area contributed by atoms with Crippen molar-refractivity contribution in [3.05, 3.63) is 87.9 Å². The quantitative estimate of drug-likeness (QED) is 0.646. The van der Waals surface area contributed by atoms with Crippen LogP contribution in [0.15, 0.2) is 60.9 Å². The third-order valence-electron chi connectivity index (χ3n) is 4.15. The Morgan fingerprint density at radius 3 is 2.46 bits per heavy atom. The number of imidazole rings is 1. The van der Waals surface area contributed by atoms with Crippen molar-refractivity contribution in [1.29, 1.82) is 0 Å². The van der Waals surface area contributed by atoms with Crippen molar-refractivity contribution in [2.45, 2.75) is 6.04 Å². The van der Waals surface area contributed by atoms with E-state index in [9.17, 15) is 9.59 Å². The number of hydrogen-bond donors (Lipinski definition) is 2. The molecular weight excluding hydrogens is 399 g/mol. The van der Waals surface area contributed by atoms with E-state index in [1.807, 2.05) is 23.7 Å². The molecule has 0 unspecified atom stereocenters. The molecule has 0 bridgehead atoms. The number of rotatable bonds is 6. The monoisotopic (exact) mass is 416 g/mol. The van der Waals surface area contributed by atoms with Crippen molar-refractivity contribution >= 4 is 35.0 Å². The smallest absolute Gasteiger partial charge is 0.253 e. The van der Waals surface area contributed by atoms with Crippen LogP contribution in [0.25, 0.3) is 0 Å². The molecule has 0 fully saturated rings. The van der Waals surface area contributed by atoms with Crippen molar-refractivity contribution in [2.24, 2.45) is 7.05 Å². The molecule has 1 atom stereocenters. The molecule has 0 radical (unpaired) electrons. The molecule has 28 heavy (non-hydrogen) atoms. The summed E-state index contributed by atoms with van der Waals surface area (Å²) >= 11 is 12.0. The van der Waals surface area contributed by atoms with E-state index in [0.29, 0.717) is 21.4 Å². The molecule has 8 heteroatoms. The Morgan fingerprint density at radius 2 is 1.82 bits per heavy atom. The van der Waals surface area contributed by atoms with Gasteiger partial charge in [0, 0.05) is 24.5 Å². The Bertz CT molecular complexity index is 986. The third-order valence-corrected chi connectivity index (χ3v) is 4.73. The molecule has 1 aromatic heterocycles. The van der Waals surface area contributed by atoms with Crippen molar-refractivity contribution in [1.82, 2.24) is 20.2 Å². The Morgan fingerprint density at radius 1 is 1.11 bits per heavy atom. The van der Waals surface area contributed by atoms with Crippen molar-refractivity contribution in [3.8, 4) is 0 Å². The molecule has 2 aromatic carbocycles. The highest BCUT2D eigenvalue weighted by Gasteiger charge is 2.21. The fraction of sp³-hybridized carbons (Fsp3) is 0.150. The maximum atomic E-state index is 12.5. The second-order valence-electron chi connectivity index (χ2n) is 6.11. The lowest BCUT2D eigenvalue weighted by Crippen LogP contribution is -2.39. The molecule has 0 saturated carbocycles. The number of aromatic nitrogens is 2. The molecule has 2 amide bonds. The molecule has 6 nitrogen and oxygen atoms in total. The van der Waals surface area contributed by atoms with E-state index in [0.717, 1.165) is 5.56 Å². The second kappa shape index (κ2) is 8.91. The van der Waals surface area contributed by atoms with E-state index < -0.39 is 11.9 Å². The van der Waals surface area contributed by atoms with Gasteiger partial charge in [-0.05, 0) is 29.8 Å². The van der Waals surface area contributed by atoms with Crippen LogP contribution in [0.3, 0.4) is 0 Å². The van der Waals surface area contributed by atoms with Gasteiger partial charge in [0.05, 0.1) is 17.1 Å². The van der Waals surface area contributed by atoms with Gasteiger partial charge in [0.25, 0.3) is 5.91 Å². The number of nitrogens with one attached hydrogen (secondary N) is 2. The maximum Gasteiger partial charge on any atom is 0.253 e. The SMILES string of the molecule is Cn1ccnc1[C@H](NC(=O)CNC(=O)c1ccccc1Cl)c1ccc(Cl)cc1. The summed E-state index contributed by atoms with van der Waals surface area (Å²) in [5.74, 6) is -0.114. The molecule has 0 aliphatic rings. The minimum absolute atomic E-state index is 0.196. The number of carbonyl (C=O) groups is 2. The van der Waals surface area contributed by atoms with Crippen molar-refractivity contribution < 1.29 is 9.59 Å². The Balaban J connectivity index is 1.71. The van der Waals surface area contributed by atoms with Gasteiger partial charge in [-0.25, -0.2) is 4.98 Å². The molecule has 3 aromatic rings. The van der Waals surface area contributed by atoms with Crippen LogP contribution < -0.4 is 10.6 Å². The van der Waals surface area contributed by atoms with Gasteiger partial charge < -0.3 is 15.2 Å². The first-order valence-corrected chi connectivity index (χ1v) is 9.26. The number of hydrogen-bond acceptors (Lipinski definition) is 3. The van der Waals surface area contributed by atoms with Crippen LogP contribution in [0.4, 0.5) is 0 Å². The zero-order chi connectivity index (χ0) is 20.1. The predicted octanol–water partition coefficient (Wildman–Crippen LogP) is 3.36. The molecule has 0 aliphatic heterocycles. The van der Waals surface area contributed by atoms with Crippen molar-refractivity contribution in [3.63, 3.8) is 0 Å². The van der Waals surface area contributed by atoms with Crippen LogP contribution in [0.1, 0.15) is 27.8 Å². The highest BCUT2D eigenvalue weighted by Crippen LogP contribution is 2.22. The van der Waals surface area contributed by atoms with Crippen LogP contribution in [0.5, 0.6) is 0 Å². The fourth-order valence-corrected chi connectivity index (χ4v) is 3.07. The van der Waals surface area contributed by atoms with Crippen LogP contribution in [0.2, 0.25) is 10.0 Å². The van der Waals surface area contributed by atoms with Gasteiger partial charge in [-0.15, -0.1) is 0 Å². The summed E-state index contributed by atoms with van der Waals surface area (Å²) in [5, 5.41) is 6.41. The van der Waals surface area contributed by atoms with Gasteiger partial charge in [0.15, 0.2) is 0 Å². The van der Waals surface area contributed by atoms with E-state index in [4.69, 9.17) is 23.2 Å². The predicted molar refractivity (Wildman–Crippen MR) is 108 cm³/mol. The average molecular weight is 417 g/mol. The number of nitrogens with zero attached hydrogens (tertiary/aromatic N) is 2. The lowest BCUT2D eigenvalue weighted by Gasteiger charge is -2.19. The molecule has 0 aliphatic carbocycles. The minimum Gasteiger partial charge on any atom is -0.343 e. The maximum absolute atomic E-state index is 12.5. The summed E-state index contributed by atoms with van der Waals surface area (Å²) in [5.41, 5.74) is 1.14. The van der Waals surface area contributed by atoms with Crippen LogP contribution in [-0.4, -0.2) is 27.9 Å². The van der Waals surface area contributed by atoms with Gasteiger partial charge in [-0.3, -0.25) is 9.59 Å². The standard InChI is InChI=1S/C20H18Cl2N4O2/c1-26-11-10-23-19(26)18(13-6-8-14(21)9-7-13)25-17(27)12-24-20(28)15-4-2-3-5-16(15)22/h2-11,18H,12H2,1H3,(H,24,28)(H,25,27)/t18-/m1/s1. The number of amides is 2. The summed E-state index contributed by atoms with van der Waals surface area (Å²) < 4.78 is 1.82. The van der Waals surface area contributed by atoms with E-state index in [-0.39, 0.29) is 12.5 Å². The highest BCUT2D eigenvalue weighted by molar-refractivity contribution is 6.33. The number of benzene rings is 2. The zero-order valence-electron chi connectivity index (χ0n) is 15.0. The number of halogens is 2. The summed E-state index contributed by atoms with van der Waals surface area (Å²) in [6.07, 6.45) is 3.45. The normalized spacial score (nSPS) is 11.7. The van der Waals surface area contributed by atoms with E-state index in [1.165, 1.54) is 0 Å². The molecule has 144 valence electrons. The molecule has 0 saturated heterocycles. The topological polar surface area (TPSA) is 76.0 Å². The summed E-state index contributed by atoms with van der Waals surface area (Å²) in [4.78, 5) is 29.1. The first-order chi connectivity index (χ1) is 13.5. The van der Waals surface area contributed by atoms with Gasteiger partial charge in [-0.2, -0.15) is 0 Å². The Hall–Kier alpha value is -2.83. The summed E-state index contributed by atoms with van der Waals surface area (Å²) in [7, 11) is 1.84. The summed E-state index contributed by atoms with van der Waals surface area (Å²) in [6, 6.07) is 13.3. The van der Waals surface area contributed by atoms with Gasteiger partial charge >= 0.3 is 0 Å². The lowest BCUT2D eigenvalue weighted by molar-refractivity contribution is -0.120. The van der Waals surface area contributed by atoms with Crippen LogP contribution >= 0.6 is 23.2 Å². The second-order valence-corrected chi connectivity index (χ2v) is 6.95. The summed E-state index contributed by atoms with van der Waals surface area (Å²) in [6.45, 7) is -0.196. The lowest BCUT2D eigenvalue weighted by atomic mass is 10.1. The first kappa shape index (κ1) is 19.9. The molecule has 1 heterocycles. The van der Waals surface area contributed by atoms with Gasteiger partial charge in [-0.1, -0.05) is 47.5 Å². The number of aryl methyl sites for hydroxylation is 1. The molecule has 3 rings (SSSR count). The molecule has 2 N–H and O–H groups in total. The van der Waals surface area contributed by atoms with Crippen LogP contribution in [0, 0.1) is 0 Å². The van der Waals surface area contributed by atoms with Gasteiger partial charge in [0.1, 0.15) is 11.9 Å². The van der Waals surface area contributed by atoms with Gasteiger partial charge in [0.2, 0.25) is 5.91 Å². The first-order valence-electron chi connectivity index (χ1n) is 8.50. The largest absolute Gasteiger partial charge is 0.343 e. The Labute approximate surface area is 172 Å². The molecule has 0 spiro atoms. The number of carbonyl (C=O) groups excluding carboxylic acids is 2. The van der Waals surface area contributed by atoms with Crippen molar-refractivity contribution in [2.75, 3.05) is 6.54 Å².